The van der Waals surface area contributed by atoms with Gasteiger partial charge in [-0.2, -0.15) is 0 Å². The average Bonchev–Trinajstić information content (AvgIpc) is 3.36. The maximum absolute atomic E-state index is 12.7. The molecule has 140 valence electrons. The molecule has 3 aromatic heterocycles. The number of hydrogen-bond donors (Lipinski definition) is 0. The van der Waals surface area contributed by atoms with E-state index in [1.54, 1.807) is 17.4 Å². The summed E-state index contributed by atoms with van der Waals surface area (Å²) in [4.78, 5) is 19.2. The minimum Gasteiger partial charge on any atom is -0.338 e. The highest BCUT2D eigenvalue weighted by atomic mass is 32.1. The number of thiazole rings is 1. The fourth-order valence-corrected chi connectivity index (χ4v) is 4.61. The summed E-state index contributed by atoms with van der Waals surface area (Å²) in [5.74, 6) is 1.16. The third kappa shape index (κ3) is 3.18. The molecule has 0 saturated carbocycles. The molecule has 1 unspecified atom stereocenters. The molecule has 5 rings (SSSR count). The molecule has 1 saturated heterocycles. The molecule has 0 aliphatic carbocycles. The molecule has 1 aromatic carbocycles. The van der Waals surface area contributed by atoms with Gasteiger partial charge in [0.15, 0.2) is 5.65 Å². The number of pyridine rings is 1. The molecular weight excluding hydrogens is 370 g/mol. The van der Waals surface area contributed by atoms with Crippen molar-refractivity contribution in [3.8, 4) is 0 Å². The van der Waals surface area contributed by atoms with Gasteiger partial charge in [-0.05, 0) is 43.2 Å². The molecule has 4 heterocycles. The van der Waals surface area contributed by atoms with Crippen molar-refractivity contribution < 1.29 is 4.79 Å². The second-order valence-electron chi connectivity index (χ2n) is 6.96. The van der Waals surface area contributed by atoms with Gasteiger partial charge in [0.2, 0.25) is 5.91 Å². The van der Waals surface area contributed by atoms with Crippen LogP contribution < -0.4 is 0 Å². The molecule has 1 aliphatic heterocycles. The highest BCUT2D eigenvalue weighted by molar-refractivity contribution is 7.19. The first kappa shape index (κ1) is 17.1. The van der Waals surface area contributed by atoms with E-state index >= 15 is 0 Å². The molecule has 7 heteroatoms. The monoisotopic (exact) mass is 389 g/mol. The number of amides is 1. The van der Waals surface area contributed by atoms with Gasteiger partial charge in [0, 0.05) is 31.3 Å². The third-order valence-electron chi connectivity index (χ3n) is 5.12. The van der Waals surface area contributed by atoms with Crippen molar-refractivity contribution in [3.63, 3.8) is 0 Å². The Bertz CT molecular complexity index is 1140. The van der Waals surface area contributed by atoms with Crippen LogP contribution in [0.1, 0.15) is 29.6 Å². The van der Waals surface area contributed by atoms with Gasteiger partial charge in [-0.15, -0.1) is 21.5 Å². The summed E-state index contributed by atoms with van der Waals surface area (Å²) >= 11 is 1.60. The standard InChI is InChI=1S/C21H19N5OS/c27-20(11-10-19-22-16-7-1-2-8-17(16)28-19)25-12-5-6-15(14-25)21-24-23-18-9-3-4-13-26(18)21/h1-4,7-11,13,15H,5-6,12,14H2/b11-10+. The van der Waals surface area contributed by atoms with Crippen LogP contribution in [0.2, 0.25) is 0 Å². The van der Waals surface area contributed by atoms with E-state index in [0.717, 1.165) is 46.1 Å². The van der Waals surface area contributed by atoms with E-state index in [1.807, 2.05) is 64.0 Å². The van der Waals surface area contributed by atoms with Gasteiger partial charge in [0.25, 0.3) is 0 Å². The van der Waals surface area contributed by atoms with Gasteiger partial charge in [0.1, 0.15) is 10.8 Å². The molecule has 0 bridgehead atoms. The van der Waals surface area contributed by atoms with Crippen molar-refractivity contribution in [1.29, 1.82) is 0 Å². The third-order valence-corrected chi connectivity index (χ3v) is 6.12. The van der Waals surface area contributed by atoms with Crippen LogP contribution in [0.5, 0.6) is 0 Å². The highest BCUT2D eigenvalue weighted by Gasteiger charge is 2.27. The van der Waals surface area contributed by atoms with E-state index < -0.39 is 0 Å². The largest absolute Gasteiger partial charge is 0.338 e. The molecular formula is C21H19N5OS. The lowest BCUT2D eigenvalue weighted by Gasteiger charge is -2.31. The normalized spacial score (nSPS) is 17.7. The van der Waals surface area contributed by atoms with E-state index in [0.29, 0.717) is 6.54 Å². The molecule has 0 radical (unpaired) electrons. The van der Waals surface area contributed by atoms with Crippen LogP contribution in [0.25, 0.3) is 21.9 Å². The van der Waals surface area contributed by atoms with Crippen LogP contribution in [-0.4, -0.2) is 43.5 Å². The number of rotatable bonds is 3. The Morgan fingerprint density at radius 2 is 2.04 bits per heavy atom. The lowest BCUT2D eigenvalue weighted by Crippen LogP contribution is -2.38. The summed E-state index contributed by atoms with van der Waals surface area (Å²) in [6.07, 6.45) is 7.43. The number of fused-ring (bicyclic) bond motifs is 2. The average molecular weight is 389 g/mol. The predicted molar refractivity (Wildman–Crippen MR) is 110 cm³/mol. The predicted octanol–water partition coefficient (Wildman–Crippen LogP) is 3.76. The number of carbonyl (C=O) groups is 1. The molecule has 1 atom stereocenters. The van der Waals surface area contributed by atoms with E-state index in [-0.39, 0.29) is 11.8 Å². The number of benzene rings is 1. The number of para-hydroxylation sites is 1. The number of carbonyl (C=O) groups excluding carboxylic acids is 1. The molecule has 6 nitrogen and oxygen atoms in total. The molecule has 28 heavy (non-hydrogen) atoms. The fourth-order valence-electron chi connectivity index (χ4n) is 3.74. The summed E-state index contributed by atoms with van der Waals surface area (Å²) in [6.45, 7) is 1.44. The Kier molecular flexibility index (Phi) is 4.37. The lowest BCUT2D eigenvalue weighted by atomic mass is 9.97. The Morgan fingerprint density at radius 1 is 1.14 bits per heavy atom. The Labute approximate surface area is 166 Å². The summed E-state index contributed by atoms with van der Waals surface area (Å²) in [5, 5.41) is 9.48. The zero-order chi connectivity index (χ0) is 18.9. The molecule has 4 aromatic rings. The van der Waals surface area contributed by atoms with Crippen LogP contribution >= 0.6 is 11.3 Å². The number of nitrogens with zero attached hydrogens (tertiary/aromatic N) is 5. The first-order valence-corrected chi connectivity index (χ1v) is 10.2. The zero-order valence-corrected chi connectivity index (χ0v) is 16.0. The van der Waals surface area contributed by atoms with Gasteiger partial charge >= 0.3 is 0 Å². The second kappa shape index (κ2) is 7.16. The maximum Gasteiger partial charge on any atom is 0.246 e. The summed E-state index contributed by atoms with van der Waals surface area (Å²) in [6, 6.07) is 13.9. The maximum atomic E-state index is 12.7. The molecule has 0 N–H and O–H groups in total. The van der Waals surface area contributed by atoms with Gasteiger partial charge < -0.3 is 4.90 Å². The van der Waals surface area contributed by atoms with Crippen molar-refractivity contribution in [2.24, 2.45) is 0 Å². The van der Waals surface area contributed by atoms with E-state index in [1.165, 1.54) is 0 Å². The summed E-state index contributed by atoms with van der Waals surface area (Å²) in [5.41, 5.74) is 1.81. The Morgan fingerprint density at radius 3 is 2.96 bits per heavy atom. The smallest absolute Gasteiger partial charge is 0.246 e. The number of piperidine rings is 1. The SMILES string of the molecule is O=C(/C=C/c1nc2ccccc2s1)N1CCCC(c2nnc3ccccn23)C1. The second-order valence-corrected chi connectivity index (χ2v) is 8.03. The minimum absolute atomic E-state index is 0.0257. The lowest BCUT2D eigenvalue weighted by molar-refractivity contribution is -0.127. The number of hydrogen-bond acceptors (Lipinski definition) is 5. The van der Waals surface area contributed by atoms with E-state index in [4.69, 9.17) is 0 Å². The first-order chi connectivity index (χ1) is 13.8. The topological polar surface area (TPSA) is 63.4 Å². The van der Waals surface area contributed by atoms with Gasteiger partial charge in [-0.3, -0.25) is 9.20 Å². The van der Waals surface area contributed by atoms with Crippen molar-refractivity contribution >= 4 is 39.2 Å². The van der Waals surface area contributed by atoms with Crippen LogP contribution in [-0.2, 0) is 4.79 Å². The molecule has 0 spiro atoms. The highest BCUT2D eigenvalue weighted by Crippen LogP contribution is 2.27. The molecule has 1 aliphatic rings. The fraction of sp³-hybridized carbons (Fsp3) is 0.238. The Hall–Kier alpha value is -3.06. The van der Waals surface area contributed by atoms with Crippen molar-refractivity contribution in [2.45, 2.75) is 18.8 Å². The Balaban J connectivity index is 1.32. The van der Waals surface area contributed by atoms with E-state index in [9.17, 15) is 4.79 Å². The van der Waals surface area contributed by atoms with Crippen LogP contribution in [0, 0.1) is 0 Å². The van der Waals surface area contributed by atoms with Crippen molar-refractivity contribution in [3.05, 3.63) is 65.6 Å². The minimum atomic E-state index is 0.0257. The first-order valence-electron chi connectivity index (χ1n) is 9.40. The summed E-state index contributed by atoms with van der Waals surface area (Å²) < 4.78 is 3.15. The van der Waals surface area contributed by atoms with Crippen LogP contribution in [0.4, 0.5) is 0 Å². The van der Waals surface area contributed by atoms with Crippen LogP contribution in [0.15, 0.2) is 54.7 Å². The molecule has 1 fully saturated rings. The quantitative estimate of drug-likeness (QED) is 0.501. The van der Waals surface area contributed by atoms with Gasteiger partial charge in [0.05, 0.1) is 10.2 Å². The van der Waals surface area contributed by atoms with Crippen molar-refractivity contribution in [1.82, 2.24) is 24.5 Å². The zero-order valence-electron chi connectivity index (χ0n) is 15.2. The number of likely N-dealkylation sites (tertiary alicyclic amines) is 1. The van der Waals surface area contributed by atoms with Crippen LogP contribution in [0.3, 0.4) is 0 Å². The number of aromatic nitrogens is 4. The van der Waals surface area contributed by atoms with E-state index in [2.05, 4.69) is 15.2 Å². The van der Waals surface area contributed by atoms with Crippen molar-refractivity contribution in [2.75, 3.05) is 13.1 Å². The van der Waals surface area contributed by atoms with Gasteiger partial charge in [-0.25, -0.2) is 4.98 Å². The summed E-state index contributed by atoms with van der Waals surface area (Å²) in [7, 11) is 0. The van der Waals surface area contributed by atoms with Gasteiger partial charge in [-0.1, -0.05) is 18.2 Å². The molecule has 1 amide bonds.